The fourth-order valence-electron chi connectivity index (χ4n) is 0.953. The Kier molecular flexibility index (Phi) is 4.10. The Balaban J connectivity index is 3.02. The number of rotatable bonds is 2. The van der Waals surface area contributed by atoms with Crippen LogP contribution in [0.5, 0.6) is 0 Å². The number of nitrogens with zero attached hydrogens (tertiary/aromatic N) is 1. The van der Waals surface area contributed by atoms with Crippen LogP contribution < -0.4 is 5.73 Å². The van der Waals surface area contributed by atoms with E-state index in [0.29, 0.717) is 23.6 Å². The largest absolute Gasteiger partial charge is 0.330 e. The highest BCUT2D eigenvalue weighted by Crippen LogP contribution is 2.20. The molecule has 0 spiro atoms. The van der Waals surface area contributed by atoms with E-state index in [0.717, 1.165) is 0 Å². The number of nitro benzene ring substituents is 1. The van der Waals surface area contributed by atoms with Crippen molar-refractivity contribution in [3.05, 3.63) is 38.9 Å². The Hall–Kier alpha value is -1.57. The van der Waals surface area contributed by atoms with Gasteiger partial charge < -0.3 is 5.73 Å². The molecule has 0 bridgehead atoms. The quantitative estimate of drug-likeness (QED) is 0.474. The Morgan fingerprint density at radius 1 is 1.53 bits per heavy atom. The lowest BCUT2D eigenvalue weighted by Crippen LogP contribution is -1.95. The van der Waals surface area contributed by atoms with Gasteiger partial charge in [-0.2, -0.15) is 0 Å². The molecule has 1 aromatic rings. The number of hydrogen-bond acceptors (Lipinski definition) is 3. The van der Waals surface area contributed by atoms with Crippen LogP contribution in [0.15, 0.2) is 18.2 Å². The first-order chi connectivity index (χ1) is 7.15. The summed E-state index contributed by atoms with van der Waals surface area (Å²) in [5.74, 6) is 5.52. The van der Waals surface area contributed by atoms with Crippen molar-refractivity contribution in [3.8, 4) is 11.8 Å². The van der Waals surface area contributed by atoms with Crippen LogP contribution in [0, 0.1) is 22.0 Å². The molecule has 0 radical (unpaired) electrons. The first-order valence-corrected chi connectivity index (χ1v) is 4.66. The van der Waals surface area contributed by atoms with Crippen molar-refractivity contribution >= 4 is 17.3 Å². The lowest BCUT2D eigenvalue weighted by molar-refractivity contribution is -0.384. The van der Waals surface area contributed by atoms with Crippen LogP contribution >= 0.6 is 11.6 Å². The lowest BCUT2D eigenvalue weighted by atomic mass is 10.2. The van der Waals surface area contributed by atoms with Crippen LogP contribution in [0.2, 0.25) is 5.02 Å². The summed E-state index contributed by atoms with van der Waals surface area (Å²) in [6.07, 6.45) is 0.541. The average Bonchev–Trinajstić information content (AvgIpc) is 2.20. The highest BCUT2D eigenvalue weighted by molar-refractivity contribution is 6.31. The molecule has 0 amide bonds. The molecule has 0 heterocycles. The third-order valence-electron chi connectivity index (χ3n) is 1.65. The predicted molar refractivity (Wildman–Crippen MR) is 58.7 cm³/mol. The van der Waals surface area contributed by atoms with Crippen LogP contribution in [-0.4, -0.2) is 11.5 Å². The summed E-state index contributed by atoms with van der Waals surface area (Å²) in [7, 11) is 0. The van der Waals surface area contributed by atoms with Gasteiger partial charge in [-0.15, -0.1) is 0 Å². The van der Waals surface area contributed by atoms with Crippen LogP contribution in [0.4, 0.5) is 5.69 Å². The van der Waals surface area contributed by atoms with E-state index in [9.17, 15) is 10.1 Å². The number of non-ortho nitro benzene ring substituents is 1. The fraction of sp³-hybridized carbons (Fsp3) is 0.200. The van der Waals surface area contributed by atoms with Gasteiger partial charge in [-0.3, -0.25) is 10.1 Å². The van der Waals surface area contributed by atoms with Crippen LogP contribution in [0.3, 0.4) is 0 Å². The smallest absolute Gasteiger partial charge is 0.270 e. The molecule has 0 aliphatic rings. The van der Waals surface area contributed by atoms with Gasteiger partial charge in [0, 0.05) is 30.7 Å². The second-order valence-electron chi connectivity index (χ2n) is 2.76. The maximum absolute atomic E-state index is 10.5. The predicted octanol–water partition coefficient (Wildman–Crippen LogP) is 1.95. The Morgan fingerprint density at radius 2 is 2.27 bits per heavy atom. The van der Waals surface area contributed by atoms with Gasteiger partial charge in [0.05, 0.1) is 9.95 Å². The maximum Gasteiger partial charge on any atom is 0.270 e. The molecule has 0 atom stereocenters. The molecule has 0 aliphatic carbocycles. The number of halogens is 1. The molecule has 0 aromatic heterocycles. The van der Waals surface area contributed by atoms with Gasteiger partial charge in [-0.1, -0.05) is 23.4 Å². The fourth-order valence-corrected chi connectivity index (χ4v) is 1.12. The topological polar surface area (TPSA) is 69.2 Å². The monoisotopic (exact) mass is 224 g/mol. The molecule has 0 saturated heterocycles. The van der Waals surface area contributed by atoms with E-state index in [1.165, 1.54) is 18.2 Å². The summed E-state index contributed by atoms with van der Waals surface area (Å²) in [4.78, 5) is 10.0. The molecule has 1 aromatic carbocycles. The molecular weight excluding hydrogens is 216 g/mol. The molecule has 5 heteroatoms. The van der Waals surface area contributed by atoms with Crippen molar-refractivity contribution in [1.82, 2.24) is 0 Å². The molecule has 0 fully saturated rings. The second-order valence-corrected chi connectivity index (χ2v) is 3.17. The van der Waals surface area contributed by atoms with Gasteiger partial charge in [0.1, 0.15) is 0 Å². The first-order valence-electron chi connectivity index (χ1n) is 4.28. The van der Waals surface area contributed by atoms with Gasteiger partial charge >= 0.3 is 0 Å². The molecule has 4 nitrogen and oxygen atoms in total. The standard InChI is InChI=1S/C10H9ClN2O2/c11-10-5-4-9(13(14)15)7-8(10)3-1-2-6-12/h4-5,7H,2,6,12H2. The van der Waals surface area contributed by atoms with Gasteiger partial charge in [0.15, 0.2) is 0 Å². The van der Waals surface area contributed by atoms with E-state index in [1.807, 2.05) is 0 Å². The van der Waals surface area contributed by atoms with E-state index >= 15 is 0 Å². The number of nitrogens with two attached hydrogens (primary N) is 1. The minimum atomic E-state index is -0.482. The van der Waals surface area contributed by atoms with E-state index in [-0.39, 0.29) is 5.69 Å². The highest BCUT2D eigenvalue weighted by Gasteiger charge is 2.07. The zero-order valence-corrected chi connectivity index (χ0v) is 8.62. The first kappa shape index (κ1) is 11.5. The van der Waals surface area contributed by atoms with Crippen molar-refractivity contribution in [1.29, 1.82) is 0 Å². The molecule has 15 heavy (non-hydrogen) atoms. The van der Waals surface area contributed by atoms with E-state index in [4.69, 9.17) is 17.3 Å². The second kappa shape index (κ2) is 5.35. The van der Waals surface area contributed by atoms with Gasteiger partial charge in [-0.05, 0) is 6.07 Å². The zero-order valence-electron chi connectivity index (χ0n) is 7.87. The number of hydrogen-bond donors (Lipinski definition) is 1. The Bertz CT molecular complexity index is 435. The van der Waals surface area contributed by atoms with Crippen molar-refractivity contribution in [2.45, 2.75) is 6.42 Å². The number of nitro groups is 1. The minimum Gasteiger partial charge on any atom is -0.330 e. The van der Waals surface area contributed by atoms with E-state index in [2.05, 4.69) is 11.8 Å². The highest BCUT2D eigenvalue weighted by atomic mass is 35.5. The van der Waals surface area contributed by atoms with Crippen LogP contribution in [-0.2, 0) is 0 Å². The molecule has 0 unspecified atom stereocenters. The third-order valence-corrected chi connectivity index (χ3v) is 1.98. The Labute approximate surface area is 92.2 Å². The molecular formula is C10H9ClN2O2. The summed E-state index contributed by atoms with van der Waals surface area (Å²) >= 11 is 5.82. The van der Waals surface area contributed by atoms with Crippen molar-refractivity contribution < 1.29 is 4.92 Å². The van der Waals surface area contributed by atoms with Crippen molar-refractivity contribution in [2.75, 3.05) is 6.54 Å². The zero-order chi connectivity index (χ0) is 11.3. The van der Waals surface area contributed by atoms with Gasteiger partial charge in [-0.25, -0.2) is 0 Å². The molecule has 1 rings (SSSR count). The SMILES string of the molecule is NCCC#Cc1cc([N+](=O)[O-])ccc1Cl. The molecule has 2 N–H and O–H groups in total. The van der Waals surface area contributed by atoms with E-state index in [1.54, 1.807) is 0 Å². The molecule has 0 aliphatic heterocycles. The van der Waals surface area contributed by atoms with Crippen molar-refractivity contribution in [3.63, 3.8) is 0 Å². The summed E-state index contributed by atoms with van der Waals surface area (Å²) < 4.78 is 0. The maximum atomic E-state index is 10.5. The van der Waals surface area contributed by atoms with Gasteiger partial charge in [0.25, 0.3) is 5.69 Å². The van der Waals surface area contributed by atoms with Crippen LogP contribution in [0.25, 0.3) is 0 Å². The third kappa shape index (κ3) is 3.24. The van der Waals surface area contributed by atoms with Crippen LogP contribution in [0.1, 0.15) is 12.0 Å². The average molecular weight is 225 g/mol. The summed E-state index contributed by atoms with van der Waals surface area (Å²) in [5, 5.41) is 10.9. The van der Waals surface area contributed by atoms with E-state index < -0.39 is 4.92 Å². The molecule has 78 valence electrons. The van der Waals surface area contributed by atoms with Crippen molar-refractivity contribution in [2.24, 2.45) is 5.73 Å². The minimum absolute atomic E-state index is 0.0172. The molecule has 0 saturated carbocycles. The normalized spacial score (nSPS) is 9.20. The summed E-state index contributed by atoms with van der Waals surface area (Å²) in [5.41, 5.74) is 5.71. The lowest BCUT2D eigenvalue weighted by Gasteiger charge is -1.95. The number of benzene rings is 1. The summed E-state index contributed by atoms with van der Waals surface area (Å²) in [6, 6.07) is 4.16. The Morgan fingerprint density at radius 3 is 2.87 bits per heavy atom. The summed E-state index contributed by atoms with van der Waals surface area (Å²) in [6.45, 7) is 0.458. The van der Waals surface area contributed by atoms with Gasteiger partial charge in [0.2, 0.25) is 0 Å².